The van der Waals surface area contributed by atoms with Crippen molar-refractivity contribution in [2.45, 2.75) is 25.7 Å². The van der Waals surface area contributed by atoms with E-state index in [1.807, 2.05) is 0 Å². The second kappa shape index (κ2) is 8.10. The predicted molar refractivity (Wildman–Crippen MR) is 97.2 cm³/mol. The summed E-state index contributed by atoms with van der Waals surface area (Å²) in [6.45, 7) is 0.958. The number of benzene rings is 1. The van der Waals surface area contributed by atoms with Crippen LogP contribution < -0.4 is 0 Å². The van der Waals surface area contributed by atoms with Crippen LogP contribution in [-0.2, 0) is 16.0 Å². The average Bonchev–Trinajstić information content (AvgIpc) is 3.08. The Labute approximate surface area is 160 Å². The van der Waals surface area contributed by atoms with Crippen molar-refractivity contribution in [1.82, 2.24) is 9.88 Å². The highest BCUT2D eigenvalue weighted by Crippen LogP contribution is 2.31. The summed E-state index contributed by atoms with van der Waals surface area (Å²) in [6.07, 6.45) is 3.22. The average molecular weight is 397 g/mol. The number of carboxylic acids is 1. The maximum atomic E-state index is 12.3. The second-order valence-electron chi connectivity index (χ2n) is 6.24. The first-order valence-corrected chi connectivity index (χ1v) is 9.10. The Kier molecular flexibility index (Phi) is 5.84. The van der Waals surface area contributed by atoms with Crippen molar-refractivity contribution in [2.75, 3.05) is 13.1 Å². The fourth-order valence-electron chi connectivity index (χ4n) is 2.99. The number of aromatic nitrogens is 1. The number of amides is 1. The molecule has 1 amide bonds. The highest BCUT2D eigenvalue weighted by Gasteiger charge is 2.26. The molecule has 2 aromatic rings. The van der Waals surface area contributed by atoms with Crippen LogP contribution >= 0.6 is 23.2 Å². The number of nitrogens with zero attached hydrogens (tertiary/aromatic N) is 2. The van der Waals surface area contributed by atoms with Gasteiger partial charge in [-0.2, -0.15) is 0 Å². The molecule has 0 unspecified atom stereocenters. The largest absolute Gasteiger partial charge is 0.481 e. The van der Waals surface area contributed by atoms with Gasteiger partial charge in [0, 0.05) is 36.5 Å². The molecule has 0 aliphatic carbocycles. The molecule has 26 heavy (non-hydrogen) atoms. The molecule has 2 heterocycles. The normalized spacial score (nSPS) is 15.2. The molecule has 0 atom stereocenters. The van der Waals surface area contributed by atoms with Gasteiger partial charge in [-0.25, -0.2) is 4.98 Å². The van der Waals surface area contributed by atoms with E-state index in [4.69, 9.17) is 32.7 Å². The van der Waals surface area contributed by atoms with E-state index in [0.29, 0.717) is 59.6 Å². The third kappa shape index (κ3) is 4.37. The van der Waals surface area contributed by atoms with Crippen molar-refractivity contribution in [3.63, 3.8) is 0 Å². The van der Waals surface area contributed by atoms with Crippen LogP contribution in [0.4, 0.5) is 0 Å². The van der Waals surface area contributed by atoms with Crippen LogP contribution in [0, 0.1) is 5.92 Å². The maximum Gasteiger partial charge on any atom is 0.306 e. The van der Waals surface area contributed by atoms with E-state index in [2.05, 4.69) is 4.98 Å². The van der Waals surface area contributed by atoms with Crippen LogP contribution in [-0.4, -0.2) is 40.0 Å². The summed E-state index contributed by atoms with van der Waals surface area (Å²) < 4.78 is 5.69. The predicted octanol–water partition coefficient (Wildman–Crippen LogP) is 3.90. The third-order valence-corrected chi connectivity index (χ3v) is 5.05. The SMILES string of the molecule is O=C(O)C1CCN(C(=O)CCc2ncc(-c3ccc(Cl)cc3Cl)o2)CC1. The Hall–Kier alpha value is -2.05. The maximum absolute atomic E-state index is 12.3. The Morgan fingerprint density at radius 1 is 1.27 bits per heavy atom. The number of carboxylic acid groups (broad SMARTS) is 1. The van der Waals surface area contributed by atoms with E-state index in [1.54, 1.807) is 29.3 Å². The quantitative estimate of drug-likeness (QED) is 0.827. The molecule has 8 heteroatoms. The van der Waals surface area contributed by atoms with Gasteiger partial charge in [-0.05, 0) is 31.0 Å². The molecule has 1 fully saturated rings. The number of carbonyl (C=O) groups is 2. The minimum Gasteiger partial charge on any atom is -0.481 e. The monoisotopic (exact) mass is 396 g/mol. The van der Waals surface area contributed by atoms with Gasteiger partial charge in [-0.3, -0.25) is 9.59 Å². The van der Waals surface area contributed by atoms with Gasteiger partial charge < -0.3 is 14.4 Å². The first-order valence-electron chi connectivity index (χ1n) is 8.34. The molecule has 6 nitrogen and oxygen atoms in total. The number of carbonyl (C=O) groups excluding carboxylic acids is 1. The summed E-state index contributed by atoms with van der Waals surface area (Å²) in [5.74, 6) is -0.169. The van der Waals surface area contributed by atoms with Gasteiger partial charge in [-0.1, -0.05) is 23.2 Å². The van der Waals surface area contributed by atoms with Crippen LogP contribution in [0.25, 0.3) is 11.3 Å². The van der Waals surface area contributed by atoms with Crippen molar-refractivity contribution in [3.8, 4) is 11.3 Å². The Bertz CT molecular complexity index is 813. The van der Waals surface area contributed by atoms with Crippen LogP contribution in [0.3, 0.4) is 0 Å². The molecule has 0 bridgehead atoms. The van der Waals surface area contributed by atoms with Crippen molar-refractivity contribution in [2.24, 2.45) is 5.92 Å². The molecular formula is C18H18Cl2N2O4. The number of hydrogen-bond acceptors (Lipinski definition) is 4. The lowest BCUT2D eigenvalue weighted by Crippen LogP contribution is -2.40. The lowest BCUT2D eigenvalue weighted by molar-refractivity contribution is -0.145. The zero-order chi connectivity index (χ0) is 18.7. The molecule has 1 N–H and O–H groups in total. The molecular weight excluding hydrogens is 379 g/mol. The zero-order valence-corrected chi connectivity index (χ0v) is 15.5. The number of halogens is 2. The molecule has 0 saturated carbocycles. The van der Waals surface area contributed by atoms with Crippen molar-refractivity contribution < 1.29 is 19.1 Å². The molecule has 0 radical (unpaired) electrons. The number of aryl methyl sites for hydroxylation is 1. The number of rotatable bonds is 5. The van der Waals surface area contributed by atoms with E-state index in [1.165, 1.54) is 0 Å². The minimum absolute atomic E-state index is 0.0156. The van der Waals surface area contributed by atoms with E-state index in [9.17, 15) is 9.59 Å². The molecule has 1 saturated heterocycles. The van der Waals surface area contributed by atoms with E-state index >= 15 is 0 Å². The highest BCUT2D eigenvalue weighted by molar-refractivity contribution is 6.36. The number of likely N-dealkylation sites (tertiary alicyclic amines) is 1. The first-order chi connectivity index (χ1) is 12.4. The van der Waals surface area contributed by atoms with Gasteiger partial charge in [0.25, 0.3) is 0 Å². The zero-order valence-electron chi connectivity index (χ0n) is 14.0. The summed E-state index contributed by atoms with van der Waals surface area (Å²) in [5, 5.41) is 10.0. The Morgan fingerprint density at radius 2 is 2.00 bits per heavy atom. The molecule has 0 spiro atoms. The van der Waals surface area contributed by atoms with Gasteiger partial charge in [0.2, 0.25) is 5.91 Å². The summed E-state index contributed by atoms with van der Waals surface area (Å²) >= 11 is 12.1. The van der Waals surface area contributed by atoms with Crippen LogP contribution in [0.15, 0.2) is 28.8 Å². The topological polar surface area (TPSA) is 83.6 Å². The Morgan fingerprint density at radius 3 is 2.65 bits per heavy atom. The molecule has 1 aromatic heterocycles. The van der Waals surface area contributed by atoms with Gasteiger partial charge in [0.1, 0.15) is 0 Å². The Balaban J connectivity index is 1.55. The van der Waals surface area contributed by atoms with Crippen LogP contribution in [0.2, 0.25) is 10.0 Å². The second-order valence-corrected chi connectivity index (χ2v) is 7.08. The molecule has 138 valence electrons. The number of aliphatic carboxylic acids is 1. The van der Waals surface area contributed by atoms with Gasteiger partial charge in [0.05, 0.1) is 17.1 Å². The molecule has 1 aliphatic rings. The number of piperidine rings is 1. The van der Waals surface area contributed by atoms with Crippen molar-refractivity contribution in [3.05, 3.63) is 40.3 Å². The van der Waals surface area contributed by atoms with Crippen molar-refractivity contribution in [1.29, 1.82) is 0 Å². The number of oxazole rings is 1. The summed E-state index contributed by atoms with van der Waals surface area (Å²) in [6, 6.07) is 5.10. The fraction of sp³-hybridized carbons (Fsp3) is 0.389. The lowest BCUT2D eigenvalue weighted by Gasteiger charge is -2.30. The first kappa shape index (κ1) is 18.7. The van der Waals surface area contributed by atoms with Gasteiger partial charge in [-0.15, -0.1) is 0 Å². The van der Waals surface area contributed by atoms with E-state index < -0.39 is 5.97 Å². The summed E-state index contributed by atoms with van der Waals surface area (Å²) in [7, 11) is 0. The minimum atomic E-state index is -0.787. The number of hydrogen-bond donors (Lipinski definition) is 1. The van der Waals surface area contributed by atoms with Crippen LogP contribution in [0.5, 0.6) is 0 Å². The van der Waals surface area contributed by atoms with E-state index in [0.717, 1.165) is 0 Å². The van der Waals surface area contributed by atoms with Crippen LogP contribution in [0.1, 0.15) is 25.2 Å². The molecule has 1 aromatic carbocycles. The molecule has 3 rings (SSSR count). The summed E-state index contributed by atoms with van der Waals surface area (Å²) in [5.41, 5.74) is 0.692. The van der Waals surface area contributed by atoms with E-state index in [-0.39, 0.29) is 18.2 Å². The van der Waals surface area contributed by atoms with Crippen molar-refractivity contribution >= 4 is 35.1 Å². The van der Waals surface area contributed by atoms with Gasteiger partial charge in [0.15, 0.2) is 11.7 Å². The fourth-order valence-corrected chi connectivity index (χ4v) is 3.49. The standard InChI is InChI=1S/C18H18Cl2N2O4/c19-12-1-2-13(14(20)9-12)15-10-21-16(26-15)3-4-17(23)22-7-5-11(6-8-22)18(24)25/h1-2,9-11H,3-8H2,(H,24,25). The molecule has 1 aliphatic heterocycles. The summed E-state index contributed by atoms with van der Waals surface area (Å²) in [4.78, 5) is 29.2. The third-order valence-electron chi connectivity index (χ3n) is 4.50. The smallest absolute Gasteiger partial charge is 0.306 e. The van der Waals surface area contributed by atoms with Gasteiger partial charge >= 0.3 is 5.97 Å². The highest BCUT2D eigenvalue weighted by atomic mass is 35.5. The lowest BCUT2D eigenvalue weighted by atomic mass is 9.97.